The van der Waals surface area contributed by atoms with E-state index in [1.807, 2.05) is 13.8 Å². The van der Waals surface area contributed by atoms with Crippen molar-refractivity contribution in [3.63, 3.8) is 0 Å². The van der Waals surface area contributed by atoms with Crippen LogP contribution in [-0.2, 0) is 13.0 Å². The first-order valence-electron chi connectivity index (χ1n) is 5.51. The van der Waals surface area contributed by atoms with Crippen LogP contribution in [0.1, 0.15) is 25.1 Å². The fraction of sp³-hybridized carbons (Fsp3) is 0.600. The van der Waals surface area contributed by atoms with E-state index in [2.05, 4.69) is 26.1 Å². The highest BCUT2D eigenvalue weighted by atomic mass is 16.2. The molecule has 1 aliphatic rings. The number of fused-ring (bicyclic) bond motifs is 1. The molecule has 0 aromatic carbocycles. The molecule has 1 aromatic rings. The van der Waals surface area contributed by atoms with Crippen LogP contribution in [0.25, 0.3) is 0 Å². The summed E-state index contributed by atoms with van der Waals surface area (Å²) < 4.78 is 0. The third kappa shape index (κ3) is 2.33. The number of nitrogens with zero attached hydrogens (tertiary/aromatic N) is 1. The molecule has 0 fully saturated rings. The van der Waals surface area contributed by atoms with Gasteiger partial charge in [-0.15, -0.1) is 0 Å². The lowest BCUT2D eigenvalue weighted by atomic mass is 10.1. The molecule has 0 saturated carbocycles. The zero-order valence-electron chi connectivity index (χ0n) is 9.55. The summed E-state index contributed by atoms with van der Waals surface area (Å²) in [4.78, 5) is 11.5. The zero-order chi connectivity index (χ0) is 11.5. The third-order valence-corrected chi connectivity index (χ3v) is 2.46. The van der Waals surface area contributed by atoms with Crippen LogP contribution in [0.5, 0.6) is 0 Å². The highest BCUT2D eigenvalue weighted by Gasteiger charge is 2.17. The van der Waals surface area contributed by atoms with Crippen molar-refractivity contribution >= 4 is 11.8 Å². The lowest BCUT2D eigenvalue weighted by molar-refractivity contribution is 0.250. The highest BCUT2D eigenvalue weighted by molar-refractivity contribution is 5.89. The normalized spacial score (nSPS) is 14.7. The first-order chi connectivity index (χ1) is 7.66. The first-order valence-corrected chi connectivity index (χ1v) is 5.51. The lowest BCUT2D eigenvalue weighted by Crippen LogP contribution is -2.34. The van der Waals surface area contributed by atoms with Gasteiger partial charge in [0.2, 0.25) is 0 Å². The number of rotatable bonds is 2. The van der Waals surface area contributed by atoms with Gasteiger partial charge in [-0.2, -0.15) is 5.10 Å². The summed E-state index contributed by atoms with van der Waals surface area (Å²) in [5.41, 5.74) is 2.17. The Morgan fingerprint density at radius 1 is 1.50 bits per heavy atom. The summed E-state index contributed by atoms with van der Waals surface area (Å²) in [5, 5.41) is 15.8. The fourth-order valence-corrected chi connectivity index (χ4v) is 1.73. The van der Waals surface area contributed by atoms with Crippen LogP contribution in [-0.4, -0.2) is 28.8 Å². The van der Waals surface area contributed by atoms with Crippen LogP contribution in [0, 0.1) is 0 Å². The van der Waals surface area contributed by atoms with Crippen molar-refractivity contribution < 1.29 is 4.79 Å². The molecule has 0 radical (unpaired) electrons. The zero-order valence-corrected chi connectivity index (χ0v) is 9.55. The van der Waals surface area contributed by atoms with Gasteiger partial charge < -0.3 is 10.6 Å². The first kappa shape index (κ1) is 10.9. The van der Waals surface area contributed by atoms with Crippen LogP contribution < -0.4 is 16.0 Å². The number of carbonyl (C=O) groups is 1. The Labute approximate surface area is 94.2 Å². The summed E-state index contributed by atoms with van der Waals surface area (Å²) in [6.45, 7) is 5.54. The fourth-order valence-electron chi connectivity index (χ4n) is 1.73. The molecule has 0 atom stereocenters. The number of aromatic amines is 1. The van der Waals surface area contributed by atoms with E-state index < -0.39 is 0 Å². The van der Waals surface area contributed by atoms with Crippen LogP contribution in [0.4, 0.5) is 10.6 Å². The topological polar surface area (TPSA) is 81.8 Å². The summed E-state index contributed by atoms with van der Waals surface area (Å²) >= 11 is 0. The minimum atomic E-state index is -0.213. The van der Waals surface area contributed by atoms with Gasteiger partial charge in [-0.05, 0) is 13.8 Å². The molecule has 0 aliphatic carbocycles. The number of H-pyrrole nitrogens is 1. The van der Waals surface area contributed by atoms with E-state index in [0.717, 1.165) is 30.8 Å². The van der Waals surface area contributed by atoms with Crippen LogP contribution in [0.2, 0.25) is 0 Å². The number of urea groups is 1. The number of carbonyl (C=O) groups excluding carboxylic acids is 1. The lowest BCUT2D eigenvalue weighted by Gasteiger charge is -2.14. The second-order valence-electron chi connectivity index (χ2n) is 4.21. The highest BCUT2D eigenvalue weighted by Crippen LogP contribution is 2.19. The van der Waals surface area contributed by atoms with Gasteiger partial charge in [0.1, 0.15) is 0 Å². The average Bonchev–Trinajstić information content (AvgIpc) is 2.61. The van der Waals surface area contributed by atoms with E-state index in [1.54, 1.807) is 0 Å². The van der Waals surface area contributed by atoms with Crippen molar-refractivity contribution in [3.8, 4) is 0 Å². The number of amides is 2. The largest absolute Gasteiger partial charge is 0.336 e. The molecule has 0 unspecified atom stereocenters. The molecule has 0 spiro atoms. The van der Waals surface area contributed by atoms with Crippen LogP contribution in [0.3, 0.4) is 0 Å². The molecule has 6 nitrogen and oxygen atoms in total. The van der Waals surface area contributed by atoms with Crippen molar-refractivity contribution in [3.05, 3.63) is 11.3 Å². The maximum absolute atomic E-state index is 11.5. The SMILES string of the molecule is CC(C)NC(=O)Nc1n[nH]c2c1CNCC2. The Kier molecular flexibility index (Phi) is 3.09. The molecular weight excluding hydrogens is 206 g/mol. The number of hydrogen-bond donors (Lipinski definition) is 4. The Morgan fingerprint density at radius 2 is 2.31 bits per heavy atom. The molecule has 0 bridgehead atoms. The smallest absolute Gasteiger partial charge is 0.320 e. The predicted octanol–water partition coefficient (Wildman–Crippen LogP) is 0.585. The number of anilines is 1. The molecule has 16 heavy (non-hydrogen) atoms. The van der Waals surface area contributed by atoms with E-state index >= 15 is 0 Å². The van der Waals surface area contributed by atoms with Gasteiger partial charge in [0.15, 0.2) is 5.82 Å². The van der Waals surface area contributed by atoms with Crippen molar-refractivity contribution in [1.82, 2.24) is 20.8 Å². The molecule has 2 amide bonds. The van der Waals surface area contributed by atoms with Crippen LogP contribution in [0.15, 0.2) is 0 Å². The van der Waals surface area contributed by atoms with Gasteiger partial charge in [-0.1, -0.05) is 0 Å². The Bertz CT molecular complexity index is 385. The van der Waals surface area contributed by atoms with E-state index in [-0.39, 0.29) is 12.1 Å². The molecule has 2 rings (SSSR count). The Balaban J connectivity index is 2.04. The van der Waals surface area contributed by atoms with E-state index in [9.17, 15) is 4.79 Å². The Hall–Kier alpha value is -1.56. The maximum atomic E-state index is 11.5. The van der Waals surface area contributed by atoms with Crippen molar-refractivity contribution in [2.45, 2.75) is 32.9 Å². The molecule has 6 heteroatoms. The minimum absolute atomic E-state index is 0.118. The van der Waals surface area contributed by atoms with Crippen molar-refractivity contribution in [2.24, 2.45) is 0 Å². The van der Waals surface area contributed by atoms with Gasteiger partial charge in [-0.25, -0.2) is 4.79 Å². The van der Waals surface area contributed by atoms with Gasteiger partial charge in [0.25, 0.3) is 0 Å². The summed E-state index contributed by atoms with van der Waals surface area (Å²) in [5.74, 6) is 0.625. The maximum Gasteiger partial charge on any atom is 0.320 e. The molecule has 1 aromatic heterocycles. The minimum Gasteiger partial charge on any atom is -0.336 e. The number of aromatic nitrogens is 2. The summed E-state index contributed by atoms with van der Waals surface area (Å²) in [7, 11) is 0. The monoisotopic (exact) mass is 223 g/mol. The number of nitrogens with one attached hydrogen (secondary N) is 4. The number of hydrogen-bond acceptors (Lipinski definition) is 3. The standard InChI is InChI=1S/C10H17N5O/c1-6(2)12-10(16)13-9-7-5-11-4-3-8(7)14-15-9/h6,11H,3-5H2,1-2H3,(H3,12,13,14,15,16). The van der Waals surface area contributed by atoms with Crippen molar-refractivity contribution in [1.29, 1.82) is 0 Å². The second kappa shape index (κ2) is 4.52. The van der Waals surface area contributed by atoms with E-state index in [4.69, 9.17) is 0 Å². The average molecular weight is 223 g/mol. The van der Waals surface area contributed by atoms with Gasteiger partial charge in [0.05, 0.1) is 0 Å². The molecule has 2 heterocycles. The molecular formula is C10H17N5O. The molecule has 0 saturated heterocycles. The van der Waals surface area contributed by atoms with Crippen LogP contribution >= 0.6 is 0 Å². The van der Waals surface area contributed by atoms with E-state index in [1.165, 1.54) is 0 Å². The molecule has 88 valence electrons. The van der Waals surface area contributed by atoms with Crippen molar-refractivity contribution in [2.75, 3.05) is 11.9 Å². The van der Waals surface area contributed by atoms with Gasteiger partial charge in [0, 0.05) is 36.8 Å². The second-order valence-corrected chi connectivity index (χ2v) is 4.21. The predicted molar refractivity (Wildman–Crippen MR) is 61.3 cm³/mol. The summed E-state index contributed by atoms with van der Waals surface area (Å²) in [6.07, 6.45) is 0.926. The molecule has 4 N–H and O–H groups in total. The molecule has 1 aliphatic heterocycles. The Morgan fingerprint density at radius 3 is 3.06 bits per heavy atom. The third-order valence-electron chi connectivity index (χ3n) is 2.46. The quantitative estimate of drug-likeness (QED) is 0.592. The summed E-state index contributed by atoms with van der Waals surface area (Å²) in [6, 6.07) is -0.0947. The van der Waals surface area contributed by atoms with E-state index in [0.29, 0.717) is 5.82 Å². The van der Waals surface area contributed by atoms with Gasteiger partial charge >= 0.3 is 6.03 Å². The van der Waals surface area contributed by atoms with Gasteiger partial charge in [-0.3, -0.25) is 10.4 Å².